The molecule has 0 fully saturated rings. The molecule has 0 aliphatic rings. The van der Waals surface area contributed by atoms with Gasteiger partial charge in [0.15, 0.2) is 0 Å². The highest BCUT2D eigenvalue weighted by molar-refractivity contribution is 5.70. The Labute approximate surface area is 78.7 Å². The molecule has 0 saturated heterocycles. The maximum Gasteiger partial charge on any atom is 0.309 e. The summed E-state index contributed by atoms with van der Waals surface area (Å²) in [7, 11) is 0. The summed E-state index contributed by atoms with van der Waals surface area (Å²) in [4.78, 5) is 10.5. The van der Waals surface area contributed by atoms with Crippen molar-refractivity contribution < 1.29 is 14.5 Å². The minimum atomic E-state index is -0.964. The smallest absolute Gasteiger partial charge is 0.309 e. The second-order valence-corrected chi connectivity index (χ2v) is 2.70. The fourth-order valence-electron chi connectivity index (χ4n) is 1.13. The van der Waals surface area contributed by atoms with Crippen molar-refractivity contribution in [3.05, 3.63) is 30.2 Å². The Morgan fingerprint density at radius 3 is 2.79 bits per heavy atom. The summed E-state index contributed by atoms with van der Waals surface area (Å²) in [6, 6.07) is 3.61. The van der Waals surface area contributed by atoms with Gasteiger partial charge in [0.2, 0.25) is 5.82 Å². The van der Waals surface area contributed by atoms with E-state index in [1.165, 1.54) is 0 Å². The first-order chi connectivity index (χ1) is 6.77. The molecule has 0 saturated carbocycles. The number of carboxylic acids is 1. The van der Waals surface area contributed by atoms with Gasteiger partial charge in [0.25, 0.3) is 0 Å². The van der Waals surface area contributed by atoms with Gasteiger partial charge in [-0.2, -0.15) is 0 Å². The van der Waals surface area contributed by atoms with Crippen molar-refractivity contribution in [3.63, 3.8) is 0 Å². The van der Waals surface area contributed by atoms with Crippen molar-refractivity contribution in [3.8, 4) is 5.82 Å². The first-order valence-electron chi connectivity index (χ1n) is 3.94. The molecule has 0 amide bonds. The molecular formula is C8H7N3O3. The second kappa shape index (κ2) is 3.33. The Hall–Kier alpha value is -2.11. The van der Waals surface area contributed by atoms with Crippen molar-refractivity contribution in [2.24, 2.45) is 0 Å². The van der Waals surface area contributed by atoms with Crippen LogP contribution in [-0.4, -0.2) is 26.0 Å². The van der Waals surface area contributed by atoms with Crippen LogP contribution >= 0.6 is 0 Å². The monoisotopic (exact) mass is 193 g/mol. The number of hydrogen-bond donors (Lipinski definition) is 1. The number of rotatable bonds is 3. The lowest BCUT2D eigenvalue weighted by atomic mass is 10.3. The number of carboxylic acid groups (broad SMARTS) is 1. The number of carbonyl (C=O) groups is 1. The summed E-state index contributed by atoms with van der Waals surface area (Å²) < 4.78 is 6.13. The molecule has 14 heavy (non-hydrogen) atoms. The van der Waals surface area contributed by atoms with Crippen LogP contribution in [0.5, 0.6) is 0 Å². The van der Waals surface area contributed by atoms with Gasteiger partial charge in [-0.05, 0) is 17.3 Å². The molecule has 0 unspecified atom stereocenters. The van der Waals surface area contributed by atoms with E-state index >= 15 is 0 Å². The second-order valence-electron chi connectivity index (χ2n) is 2.70. The van der Waals surface area contributed by atoms with Crippen LogP contribution in [0.2, 0.25) is 0 Å². The van der Waals surface area contributed by atoms with Gasteiger partial charge >= 0.3 is 5.97 Å². The quantitative estimate of drug-likeness (QED) is 0.767. The zero-order valence-electron chi connectivity index (χ0n) is 7.12. The van der Waals surface area contributed by atoms with Crippen LogP contribution in [0, 0.1) is 0 Å². The van der Waals surface area contributed by atoms with E-state index in [-0.39, 0.29) is 6.42 Å². The van der Waals surface area contributed by atoms with Crippen molar-refractivity contribution >= 4 is 5.97 Å². The molecule has 0 aliphatic carbocycles. The molecular weight excluding hydrogens is 186 g/mol. The SMILES string of the molecule is O=C(O)Cc1nonc1-n1cccc1. The molecule has 2 heterocycles. The molecule has 0 atom stereocenters. The summed E-state index contributed by atoms with van der Waals surface area (Å²) in [5, 5.41) is 15.7. The fraction of sp³-hybridized carbons (Fsp3) is 0.125. The predicted molar refractivity (Wildman–Crippen MR) is 45.0 cm³/mol. The summed E-state index contributed by atoms with van der Waals surface area (Å²) in [6.45, 7) is 0. The Kier molecular flexibility index (Phi) is 2.02. The van der Waals surface area contributed by atoms with E-state index in [4.69, 9.17) is 5.11 Å². The molecule has 2 rings (SSSR count). The highest BCUT2D eigenvalue weighted by Crippen LogP contribution is 2.10. The standard InChI is InChI=1S/C8H7N3O3/c12-7(13)5-6-8(10-14-9-6)11-3-1-2-4-11/h1-4H,5H2,(H,12,13). The molecule has 0 bridgehead atoms. The largest absolute Gasteiger partial charge is 0.481 e. The third-order valence-electron chi connectivity index (χ3n) is 1.70. The summed E-state index contributed by atoms with van der Waals surface area (Å²) in [5.41, 5.74) is 0.314. The average Bonchev–Trinajstić information content (AvgIpc) is 2.70. The van der Waals surface area contributed by atoms with Crippen LogP contribution < -0.4 is 0 Å². The van der Waals surface area contributed by atoms with Crippen LogP contribution in [-0.2, 0) is 11.2 Å². The molecule has 0 aliphatic heterocycles. The zero-order chi connectivity index (χ0) is 9.97. The van der Waals surface area contributed by atoms with Crippen LogP contribution in [0.25, 0.3) is 5.82 Å². The van der Waals surface area contributed by atoms with Gasteiger partial charge in [0.05, 0.1) is 6.42 Å². The van der Waals surface area contributed by atoms with Gasteiger partial charge in [0, 0.05) is 12.4 Å². The maximum absolute atomic E-state index is 10.5. The normalized spacial score (nSPS) is 10.3. The molecule has 2 aromatic heterocycles. The number of aliphatic carboxylic acids is 1. The van der Waals surface area contributed by atoms with Crippen molar-refractivity contribution in [2.45, 2.75) is 6.42 Å². The van der Waals surface area contributed by atoms with E-state index in [0.717, 1.165) is 0 Å². The van der Waals surface area contributed by atoms with Gasteiger partial charge in [-0.25, -0.2) is 4.63 Å². The fourth-order valence-corrected chi connectivity index (χ4v) is 1.13. The third kappa shape index (κ3) is 1.49. The lowest BCUT2D eigenvalue weighted by molar-refractivity contribution is -0.136. The first kappa shape index (κ1) is 8.49. The van der Waals surface area contributed by atoms with Crippen molar-refractivity contribution in [2.75, 3.05) is 0 Å². The molecule has 6 heteroatoms. The van der Waals surface area contributed by atoms with E-state index in [9.17, 15) is 4.79 Å². The summed E-state index contributed by atoms with van der Waals surface area (Å²) >= 11 is 0. The molecule has 0 radical (unpaired) electrons. The van der Waals surface area contributed by atoms with Gasteiger partial charge in [-0.3, -0.25) is 4.79 Å². The van der Waals surface area contributed by atoms with E-state index < -0.39 is 5.97 Å². The Morgan fingerprint density at radius 2 is 2.14 bits per heavy atom. The van der Waals surface area contributed by atoms with Gasteiger partial charge in [-0.15, -0.1) is 0 Å². The zero-order valence-corrected chi connectivity index (χ0v) is 7.12. The van der Waals surface area contributed by atoms with E-state index in [2.05, 4.69) is 14.9 Å². The number of nitrogens with zero attached hydrogens (tertiary/aromatic N) is 3. The Bertz CT molecular complexity index is 432. The summed E-state index contributed by atoms with van der Waals surface area (Å²) in [5.74, 6) is -0.550. The molecule has 6 nitrogen and oxygen atoms in total. The molecule has 72 valence electrons. The van der Waals surface area contributed by atoms with Gasteiger partial charge < -0.3 is 9.67 Å². The van der Waals surface area contributed by atoms with E-state index in [1.807, 2.05) is 0 Å². The van der Waals surface area contributed by atoms with Crippen LogP contribution in [0.15, 0.2) is 29.2 Å². The van der Waals surface area contributed by atoms with Crippen molar-refractivity contribution in [1.29, 1.82) is 0 Å². The van der Waals surface area contributed by atoms with Crippen molar-refractivity contribution in [1.82, 2.24) is 14.9 Å². The van der Waals surface area contributed by atoms with E-state index in [1.54, 1.807) is 29.1 Å². The van der Waals surface area contributed by atoms with E-state index in [0.29, 0.717) is 11.5 Å². The maximum atomic E-state index is 10.5. The highest BCUT2D eigenvalue weighted by atomic mass is 16.6. The van der Waals surface area contributed by atoms with Gasteiger partial charge in [0.1, 0.15) is 5.69 Å². The first-order valence-corrected chi connectivity index (χ1v) is 3.94. The van der Waals surface area contributed by atoms with Crippen LogP contribution in [0.3, 0.4) is 0 Å². The lowest BCUT2D eigenvalue weighted by Gasteiger charge is -1.96. The molecule has 1 N–H and O–H groups in total. The van der Waals surface area contributed by atoms with Crippen LogP contribution in [0.4, 0.5) is 0 Å². The average molecular weight is 193 g/mol. The number of aromatic nitrogens is 3. The van der Waals surface area contributed by atoms with Gasteiger partial charge in [-0.1, -0.05) is 5.16 Å². The summed E-state index contributed by atoms with van der Waals surface area (Å²) in [6.07, 6.45) is 3.28. The minimum absolute atomic E-state index is 0.197. The molecule has 0 aromatic carbocycles. The Balaban J connectivity index is 2.35. The molecule has 0 spiro atoms. The molecule has 2 aromatic rings. The lowest BCUT2D eigenvalue weighted by Crippen LogP contribution is -2.04. The minimum Gasteiger partial charge on any atom is -0.481 e. The van der Waals surface area contributed by atoms with Crippen LogP contribution in [0.1, 0.15) is 5.69 Å². The predicted octanol–water partition coefficient (Wildman–Crippen LogP) is 0.487. The Morgan fingerprint density at radius 1 is 1.43 bits per heavy atom. The number of hydrogen-bond acceptors (Lipinski definition) is 4. The highest BCUT2D eigenvalue weighted by Gasteiger charge is 2.14. The third-order valence-corrected chi connectivity index (χ3v) is 1.70. The topological polar surface area (TPSA) is 81.2 Å².